The number of alkyl carbamates (subject to hydrolysis) is 2. The van der Waals surface area contributed by atoms with Crippen molar-refractivity contribution in [1.82, 2.24) is 10.6 Å². The third-order valence-electron chi connectivity index (χ3n) is 6.96. The fraction of sp³-hybridized carbons (Fsp3) is 0.486. The van der Waals surface area contributed by atoms with Gasteiger partial charge in [0, 0.05) is 28.5 Å². The van der Waals surface area contributed by atoms with Crippen LogP contribution in [-0.4, -0.2) is 67.3 Å². The molecular formula is C37H51N5O7. The number of hydrogen-bond acceptors (Lipinski definition) is 9. The predicted octanol–water partition coefficient (Wildman–Crippen LogP) is 6.21. The predicted molar refractivity (Wildman–Crippen MR) is 191 cm³/mol. The lowest BCUT2D eigenvalue weighted by Gasteiger charge is -2.30. The van der Waals surface area contributed by atoms with E-state index in [1.54, 1.807) is 56.9 Å². The van der Waals surface area contributed by atoms with Gasteiger partial charge in [0.2, 0.25) is 5.91 Å². The van der Waals surface area contributed by atoms with Crippen molar-refractivity contribution in [3.63, 3.8) is 0 Å². The van der Waals surface area contributed by atoms with Crippen LogP contribution in [0.5, 0.6) is 0 Å². The normalized spacial score (nSPS) is 11.4. The number of aryl methyl sites for hydroxylation is 2. The highest BCUT2D eigenvalue weighted by Crippen LogP contribution is 2.27. The minimum Gasteiger partial charge on any atom is -0.464 e. The van der Waals surface area contributed by atoms with Crippen LogP contribution in [0.1, 0.15) is 90.0 Å². The standard InChI is InChI=1S/C37H51N5O7/c1-10-12-20-48-35(45)41-33(38)27-15-17-29(18-16-27)39-19-13-14-28-21-26(6)31(22-25(28)5)42(24(3)4)32(43)23-30(34(44)47-11-2)40-36(46)49-37(7,8)9/h15-18,21-22,24,30,39H,10-12,19-20,23H2,1-9H3,(H,40,46)(H2,38,41,45). The fourth-order valence-corrected chi connectivity index (χ4v) is 4.61. The zero-order chi connectivity index (χ0) is 36.7. The molecule has 0 radical (unpaired) electrons. The number of nitrogens with zero attached hydrogens (tertiary/aromatic N) is 1. The van der Waals surface area contributed by atoms with Crippen LogP contribution in [0.3, 0.4) is 0 Å². The molecule has 0 fully saturated rings. The summed E-state index contributed by atoms with van der Waals surface area (Å²) in [4.78, 5) is 52.2. The molecule has 2 aromatic rings. The average Bonchev–Trinajstić information content (AvgIpc) is 3.00. The molecule has 1 unspecified atom stereocenters. The fourth-order valence-electron chi connectivity index (χ4n) is 4.61. The Hall–Kier alpha value is -5.05. The number of nitrogens with one attached hydrogen (secondary N) is 4. The molecule has 0 saturated carbocycles. The first-order valence-electron chi connectivity index (χ1n) is 16.5. The van der Waals surface area contributed by atoms with Gasteiger partial charge in [0.1, 0.15) is 17.5 Å². The van der Waals surface area contributed by atoms with E-state index < -0.39 is 29.8 Å². The quantitative estimate of drug-likeness (QED) is 0.0487. The van der Waals surface area contributed by atoms with Gasteiger partial charge in [-0.15, -0.1) is 0 Å². The number of carbonyl (C=O) groups excluding carboxylic acids is 4. The maximum Gasteiger partial charge on any atom is 0.412 e. The van der Waals surface area contributed by atoms with Gasteiger partial charge in [-0.05, 0) is 109 Å². The highest BCUT2D eigenvalue weighted by Gasteiger charge is 2.31. The van der Waals surface area contributed by atoms with Crippen molar-refractivity contribution in [3.8, 4) is 11.8 Å². The number of ether oxygens (including phenoxy) is 3. The van der Waals surface area contributed by atoms with E-state index >= 15 is 0 Å². The SMILES string of the molecule is CCCCOC(=O)NC(=N)c1ccc(NCC#Cc2cc(C)c(N(C(=O)CC(NC(=O)OC(C)(C)C)C(=O)OCC)C(C)C)cc2C)cc1. The highest BCUT2D eigenvalue weighted by atomic mass is 16.6. The summed E-state index contributed by atoms with van der Waals surface area (Å²) in [5.41, 5.74) is 3.72. The molecule has 266 valence electrons. The Bertz CT molecular complexity index is 1540. The molecule has 2 aromatic carbocycles. The van der Waals surface area contributed by atoms with Gasteiger partial charge in [0.05, 0.1) is 26.2 Å². The molecule has 12 heteroatoms. The largest absolute Gasteiger partial charge is 0.464 e. The van der Waals surface area contributed by atoms with Gasteiger partial charge in [-0.3, -0.25) is 15.5 Å². The number of amides is 3. The number of anilines is 2. The minimum absolute atomic E-state index is 0.0452. The Morgan fingerprint density at radius 2 is 1.63 bits per heavy atom. The van der Waals surface area contributed by atoms with Crippen molar-refractivity contribution in [3.05, 3.63) is 58.7 Å². The second-order valence-electron chi connectivity index (χ2n) is 12.7. The van der Waals surface area contributed by atoms with Gasteiger partial charge in [0.25, 0.3) is 0 Å². The summed E-state index contributed by atoms with van der Waals surface area (Å²) in [5.74, 6) is 5.19. The van der Waals surface area contributed by atoms with Crippen LogP contribution in [0.25, 0.3) is 0 Å². The van der Waals surface area contributed by atoms with Crippen molar-refractivity contribution in [2.24, 2.45) is 0 Å². The molecule has 0 aliphatic heterocycles. The molecule has 0 aromatic heterocycles. The second kappa shape index (κ2) is 19.1. The van der Waals surface area contributed by atoms with Crippen LogP contribution in [0.15, 0.2) is 36.4 Å². The monoisotopic (exact) mass is 677 g/mol. The first kappa shape index (κ1) is 40.1. The average molecular weight is 678 g/mol. The number of hydrogen-bond donors (Lipinski definition) is 4. The maximum atomic E-state index is 13.7. The van der Waals surface area contributed by atoms with E-state index in [2.05, 4.69) is 27.8 Å². The molecule has 0 saturated heterocycles. The van der Waals surface area contributed by atoms with Crippen molar-refractivity contribution in [2.75, 3.05) is 30.0 Å². The summed E-state index contributed by atoms with van der Waals surface area (Å²) in [5, 5.41) is 16.2. The van der Waals surface area contributed by atoms with Gasteiger partial charge < -0.3 is 29.7 Å². The minimum atomic E-state index is -1.22. The van der Waals surface area contributed by atoms with Gasteiger partial charge in [-0.1, -0.05) is 25.2 Å². The van der Waals surface area contributed by atoms with Gasteiger partial charge in [0.15, 0.2) is 0 Å². The van der Waals surface area contributed by atoms with E-state index in [9.17, 15) is 19.2 Å². The van der Waals surface area contributed by atoms with E-state index in [0.29, 0.717) is 24.4 Å². The summed E-state index contributed by atoms with van der Waals surface area (Å²) in [6.45, 7) is 17.1. The number of benzene rings is 2. The molecule has 4 N–H and O–H groups in total. The summed E-state index contributed by atoms with van der Waals surface area (Å²) in [6, 6.07) is 9.39. The number of amidine groups is 1. The van der Waals surface area contributed by atoms with Crippen LogP contribution < -0.4 is 20.9 Å². The van der Waals surface area contributed by atoms with E-state index in [0.717, 1.165) is 35.2 Å². The summed E-state index contributed by atoms with van der Waals surface area (Å²) in [6.07, 6.45) is -0.0932. The third-order valence-corrected chi connectivity index (χ3v) is 6.96. The number of unbranched alkanes of at least 4 members (excludes halogenated alkanes) is 1. The molecule has 3 amide bonds. The Balaban J connectivity index is 2.12. The van der Waals surface area contributed by atoms with Crippen molar-refractivity contribution in [1.29, 1.82) is 5.41 Å². The van der Waals surface area contributed by atoms with Crippen molar-refractivity contribution < 1.29 is 33.4 Å². The van der Waals surface area contributed by atoms with Gasteiger partial charge in [-0.25, -0.2) is 14.4 Å². The molecule has 0 aliphatic rings. The lowest BCUT2D eigenvalue weighted by molar-refractivity contribution is -0.147. The lowest BCUT2D eigenvalue weighted by atomic mass is 10.0. The Morgan fingerprint density at radius 3 is 2.22 bits per heavy atom. The van der Waals surface area contributed by atoms with Crippen LogP contribution in [0.2, 0.25) is 0 Å². The zero-order valence-electron chi connectivity index (χ0n) is 30.2. The van der Waals surface area contributed by atoms with Crippen LogP contribution in [0, 0.1) is 31.1 Å². The topological polar surface area (TPSA) is 159 Å². The Morgan fingerprint density at radius 1 is 0.959 bits per heavy atom. The molecule has 1 atom stereocenters. The smallest absolute Gasteiger partial charge is 0.412 e. The van der Waals surface area contributed by atoms with Gasteiger partial charge >= 0.3 is 18.2 Å². The molecule has 0 spiro atoms. The number of carbonyl (C=O) groups is 4. The zero-order valence-corrected chi connectivity index (χ0v) is 30.2. The Kier molecular flexibility index (Phi) is 15.6. The molecule has 12 nitrogen and oxygen atoms in total. The summed E-state index contributed by atoms with van der Waals surface area (Å²) >= 11 is 0. The summed E-state index contributed by atoms with van der Waals surface area (Å²) in [7, 11) is 0. The van der Waals surface area contributed by atoms with E-state index in [1.165, 1.54) is 0 Å². The van der Waals surface area contributed by atoms with E-state index in [4.69, 9.17) is 19.6 Å². The molecule has 0 heterocycles. The molecule has 0 bridgehead atoms. The van der Waals surface area contributed by atoms with Crippen molar-refractivity contribution >= 4 is 41.3 Å². The number of esters is 1. The summed E-state index contributed by atoms with van der Waals surface area (Å²) < 4.78 is 15.5. The lowest BCUT2D eigenvalue weighted by Crippen LogP contribution is -2.48. The third kappa shape index (κ3) is 13.5. The van der Waals surface area contributed by atoms with Crippen LogP contribution in [-0.2, 0) is 23.8 Å². The second-order valence-corrected chi connectivity index (χ2v) is 12.7. The Labute approximate surface area is 290 Å². The highest BCUT2D eigenvalue weighted by molar-refractivity contribution is 6.04. The van der Waals surface area contributed by atoms with E-state index in [-0.39, 0.29) is 30.8 Å². The van der Waals surface area contributed by atoms with Gasteiger partial charge in [-0.2, -0.15) is 0 Å². The number of rotatable bonds is 13. The van der Waals surface area contributed by atoms with Crippen molar-refractivity contribution in [2.45, 2.75) is 99.3 Å². The first-order valence-corrected chi connectivity index (χ1v) is 16.5. The van der Waals surface area contributed by atoms with Crippen LogP contribution >= 0.6 is 0 Å². The first-order chi connectivity index (χ1) is 23.1. The maximum absolute atomic E-state index is 13.7. The molecule has 0 aliphatic carbocycles. The molecule has 49 heavy (non-hydrogen) atoms. The van der Waals surface area contributed by atoms with Crippen LogP contribution in [0.4, 0.5) is 21.0 Å². The molecular weight excluding hydrogens is 626 g/mol. The van der Waals surface area contributed by atoms with E-state index in [1.807, 2.05) is 46.8 Å². The molecule has 2 rings (SSSR count).